The number of guanidine groups is 1. The molecule has 0 unspecified atom stereocenters. The average Bonchev–Trinajstić information content (AvgIpc) is 2.96. The highest BCUT2D eigenvalue weighted by molar-refractivity contribution is 5.79. The first-order valence-electron chi connectivity index (χ1n) is 10.7. The van der Waals surface area contributed by atoms with Crippen molar-refractivity contribution in [2.45, 2.75) is 59.7 Å². The molecule has 2 rings (SSSR count). The minimum Gasteiger partial charge on any atom is -0.444 e. The number of aromatic nitrogens is 2. The number of amides is 1. The molecule has 3 N–H and O–H groups in total. The lowest BCUT2D eigenvalue weighted by atomic mass is 10.2. The van der Waals surface area contributed by atoms with Crippen molar-refractivity contribution in [2.75, 3.05) is 20.1 Å². The van der Waals surface area contributed by atoms with Gasteiger partial charge in [0.2, 0.25) is 0 Å². The summed E-state index contributed by atoms with van der Waals surface area (Å²) in [6.07, 6.45) is 0.362. The summed E-state index contributed by atoms with van der Waals surface area (Å²) in [5, 5.41) is 14.1. The summed E-state index contributed by atoms with van der Waals surface area (Å²) in [7, 11) is 1.74. The molecule has 0 radical (unpaired) electrons. The number of carbonyl (C=O) groups excluding carboxylic acids is 1. The van der Waals surface area contributed by atoms with E-state index >= 15 is 0 Å². The van der Waals surface area contributed by atoms with Crippen LogP contribution in [0.15, 0.2) is 35.3 Å². The maximum Gasteiger partial charge on any atom is 0.407 e. The Kier molecular flexibility index (Phi) is 8.90. The van der Waals surface area contributed by atoms with E-state index in [9.17, 15) is 4.79 Å². The fourth-order valence-corrected chi connectivity index (χ4v) is 3.09. The highest BCUT2D eigenvalue weighted by Gasteiger charge is 2.15. The Bertz CT molecular complexity index is 868. The van der Waals surface area contributed by atoms with E-state index in [2.05, 4.69) is 40.0 Å². The number of carbonyl (C=O) groups is 1. The quantitative estimate of drug-likeness (QED) is 0.341. The molecule has 0 saturated heterocycles. The van der Waals surface area contributed by atoms with Gasteiger partial charge in [0.1, 0.15) is 5.60 Å². The van der Waals surface area contributed by atoms with Crippen LogP contribution in [0.1, 0.15) is 49.7 Å². The van der Waals surface area contributed by atoms with Gasteiger partial charge < -0.3 is 20.7 Å². The van der Waals surface area contributed by atoms with Crippen molar-refractivity contribution in [2.24, 2.45) is 4.99 Å². The number of benzene rings is 1. The van der Waals surface area contributed by atoms with Gasteiger partial charge in [-0.25, -0.2) is 4.79 Å². The highest BCUT2D eigenvalue weighted by atomic mass is 16.6. The van der Waals surface area contributed by atoms with Crippen LogP contribution in [-0.4, -0.2) is 47.6 Å². The molecule has 1 aromatic carbocycles. The summed E-state index contributed by atoms with van der Waals surface area (Å²) >= 11 is 0. The molecule has 0 fully saturated rings. The second-order valence-corrected chi connectivity index (χ2v) is 8.43. The third-order valence-corrected chi connectivity index (χ3v) is 4.68. The number of hydrogen-bond donors (Lipinski definition) is 3. The molecule has 0 bridgehead atoms. The molecular formula is C23H36N6O2. The predicted molar refractivity (Wildman–Crippen MR) is 124 cm³/mol. The second kappa shape index (κ2) is 11.4. The number of alkyl carbamates (subject to hydrolysis) is 1. The van der Waals surface area contributed by atoms with Crippen LogP contribution in [0, 0.1) is 13.8 Å². The fraction of sp³-hybridized carbons (Fsp3) is 0.522. The van der Waals surface area contributed by atoms with Crippen LogP contribution in [0.4, 0.5) is 4.79 Å². The lowest BCUT2D eigenvalue weighted by Crippen LogP contribution is -2.39. The maximum absolute atomic E-state index is 11.7. The zero-order valence-corrected chi connectivity index (χ0v) is 19.6. The van der Waals surface area contributed by atoms with Crippen LogP contribution < -0.4 is 16.0 Å². The Labute approximate surface area is 185 Å². The van der Waals surface area contributed by atoms with Gasteiger partial charge in [0.25, 0.3) is 0 Å². The van der Waals surface area contributed by atoms with Crippen LogP contribution in [0.3, 0.4) is 0 Å². The molecule has 31 heavy (non-hydrogen) atoms. The Balaban J connectivity index is 1.78. The van der Waals surface area contributed by atoms with Gasteiger partial charge in [0, 0.05) is 37.9 Å². The number of nitrogens with zero attached hydrogens (tertiary/aromatic N) is 3. The Morgan fingerprint density at radius 1 is 1.10 bits per heavy atom. The zero-order chi connectivity index (χ0) is 22.9. The number of rotatable bonds is 8. The van der Waals surface area contributed by atoms with Gasteiger partial charge in [-0.3, -0.25) is 9.67 Å². The van der Waals surface area contributed by atoms with Crippen molar-refractivity contribution in [3.05, 3.63) is 52.8 Å². The topological polar surface area (TPSA) is 92.6 Å². The smallest absolute Gasteiger partial charge is 0.407 e. The first kappa shape index (κ1) is 24.2. The van der Waals surface area contributed by atoms with Crippen molar-refractivity contribution in [1.82, 2.24) is 25.7 Å². The third kappa shape index (κ3) is 8.32. The first-order chi connectivity index (χ1) is 14.7. The average molecular weight is 429 g/mol. The minimum absolute atomic E-state index is 0.395. The summed E-state index contributed by atoms with van der Waals surface area (Å²) in [6, 6.07) is 10.3. The van der Waals surface area contributed by atoms with Crippen molar-refractivity contribution in [3.8, 4) is 0 Å². The molecule has 0 atom stereocenters. The largest absolute Gasteiger partial charge is 0.444 e. The summed E-state index contributed by atoms with van der Waals surface area (Å²) in [5.74, 6) is 0.715. The Morgan fingerprint density at radius 2 is 1.77 bits per heavy atom. The molecule has 0 spiro atoms. The van der Waals surface area contributed by atoms with Crippen molar-refractivity contribution in [3.63, 3.8) is 0 Å². The van der Waals surface area contributed by atoms with E-state index in [0.29, 0.717) is 25.6 Å². The Hall–Kier alpha value is -3.03. The molecule has 0 aliphatic heterocycles. The molecule has 1 amide bonds. The SMILES string of the molecule is CN=C(NCCCNC(=O)OC(C)(C)C)NCc1c(C)nn(Cc2ccccc2)c1C. The van der Waals surface area contributed by atoms with Gasteiger partial charge >= 0.3 is 6.09 Å². The molecule has 0 saturated carbocycles. The Morgan fingerprint density at radius 3 is 2.42 bits per heavy atom. The van der Waals surface area contributed by atoms with Crippen LogP contribution >= 0.6 is 0 Å². The lowest BCUT2D eigenvalue weighted by Gasteiger charge is -2.19. The van der Waals surface area contributed by atoms with Gasteiger partial charge in [-0.05, 0) is 46.6 Å². The van der Waals surface area contributed by atoms with E-state index in [1.54, 1.807) is 7.05 Å². The number of ether oxygens (including phenoxy) is 1. The summed E-state index contributed by atoms with van der Waals surface area (Å²) in [4.78, 5) is 15.9. The number of aliphatic imine (C=N–C) groups is 1. The van der Waals surface area contributed by atoms with Crippen LogP contribution in [0.2, 0.25) is 0 Å². The number of hydrogen-bond acceptors (Lipinski definition) is 4. The first-order valence-corrected chi connectivity index (χ1v) is 10.7. The molecule has 8 heteroatoms. The number of aryl methyl sites for hydroxylation is 1. The second-order valence-electron chi connectivity index (χ2n) is 8.43. The van der Waals surface area contributed by atoms with Gasteiger partial charge in [-0.1, -0.05) is 30.3 Å². The van der Waals surface area contributed by atoms with Crippen molar-refractivity contribution < 1.29 is 9.53 Å². The molecule has 170 valence electrons. The molecule has 1 heterocycles. The van der Waals surface area contributed by atoms with Crippen LogP contribution in [-0.2, 0) is 17.8 Å². The lowest BCUT2D eigenvalue weighted by molar-refractivity contribution is 0.0527. The zero-order valence-electron chi connectivity index (χ0n) is 19.6. The molecular weight excluding hydrogens is 392 g/mol. The van der Waals surface area contributed by atoms with E-state index < -0.39 is 11.7 Å². The molecule has 2 aromatic rings. The van der Waals surface area contributed by atoms with Gasteiger partial charge in [0.05, 0.1) is 12.2 Å². The normalized spacial score (nSPS) is 11.9. The van der Waals surface area contributed by atoms with Crippen molar-refractivity contribution >= 4 is 12.1 Å². The number of nitrogens with one attached hydrogen (secondary N) is 3. The predicted octanol–water partition coefficient (Wildman–Crippen LogP) is 3.13. The van der Waals surface area contributed by atoms with Gasteiger partial charge in [0.15, 0.2) is 5.96 Å². The molecule has 0 aliphatic rings. The fourth-order valence-electron chi connectivity index (χ4n) is 3.09. The van der Waals surface area contributed by atoms with Crippen LogP contribution in [0.25, 0.3) is 0 Å². The monoisotopic (exact) mass is 428 g/mol. The third-order valence-electron chi connectivity index (χ3n) is 4.68. The van der Waals surface area contributed by atoms with E-state index in [4.69, 9.17) is 9.84 Å². The van der Waals surface area contributed by atoms with Gasteiger partial charge in [-0.2, -0.15) is 5.10 Å². The standard InChI is InChI=1S/C23H36N6O2/c1-17-20(18(2)29(28-17)16-19-11-8-7-9-12-19)15-27-21(24-6)25-13-10-14-26-22(30)31-23(3,4)5/h7-9,11-12H,10,13-16H2,1-6H3,(H,26,30)(H2,24,25,27). The van der Waals surface area contributed by atoms with E-state index in [1.807, 2.05) is 50.6 Å². The summed E-state index contributed by atoms with van der Waals surface area (Å²) in [6.45, 7) is 12.3. The molecule has 0 aliphatic carbocycles. The molecule has 8 nitrogen and oxygen atoms in total. The van der Waals surface area contributed by atoms with E-state index in [1.165, 1.54) is 11.1 Å². The van der Waals surface area contributed by atoms with E-state index in [0.717, 1.165) is 24.4 Å². The van der Waals surface area contributed by atoms with E-state index in [-0.39, 0.29) is 0 Å². The highest BCUT2D eigenvalue weighted by Crippen LogP contribution is 2.14. The van der Waals surface area contributed by atoms with Crippen molar-refractivity contribution in [1.29, 1.82) is 0 Å². The summed E-state index contributed by atoms with van der Waals surface area (Å²) < 4.78 is 7.26. The maximum atomic E-state index is 11.7. The molecule has 1 aromatic heterocycles. The minimum atomic E-state index is -0.487. The van der Waals surface area contributed by atoms with Gasteiger partial charge in [-0.15, -0.1) is 0 Å². The van der Waals surface area contributed by atoms with Crippen LogP contribution in [0.5, 0.6) is 0 Å². The summed E-state index contributed by atoms with van der Waals surface area (Å²) in [5.41, 5.74) is 4.07.